The molecular weight excluding hydrogens is 607 g/mol. The number of amides is 1. The third-order valence-electron chi connectivity index (χ3n) is 7.15. The van der Waals surface area contributed by atoms with Gasteiger partial charge in [-0.3, -0.25) is 4.72 Å². The fourth-order valence-electron chi connectivity index (χ4n) is 5.06. The number of benzene rings is 2. The van der Waals surface area contributed by atoms with Crippen molar-refractivity contribution in [2.75, 3.05) is 10.0 Å². The van der Waals surface area contributed by atoms with Gasteiger partial charge in [0.2, 0.25) is 5.95 Å². The molecule has 2 aromatic heterocycles. The van der Waals surface area contributed by atoms with Gasteiger partial charge in [-0.25, -0.2) is 32.6 Å². The number of hydrogen-bond donors (Lipinski definition) is 3. The molecule has 13 heteroatoms. The van der Waals surface area contributed by atoms with Crippen LogP contribution in [0.3, 0.4) is 0 Å². The summed E-state index contributed by atoms with van der Waals surface area (Å²) in [6, 6.07) is 12.1. The summed E-state index contributed by atoms with van der Waals surface area (Å²) in [6.45, 7) is 7.40. The van der Waals surface area contributed by atoms with E-state index in [-0.39, 0.29) is 27.7 Å². The van der Waals surface area contributed by atoms with Crippen LogP contribution in [-0.4, -0.2) is 47.1 Å². The Kier molecular flexibility index (Phi) is 8.94. The van der Waals surface area contributed by atoms with Gasteiger partial charge >= 0.3 is 6.09 Å². The lowest BCUT2D eigenvalue weighted by Crippen LogP contribution is -2.42. The van der Waals surface area contributed by atoms with Crippen LogP contribution >= 0.6 is 11.6 Å². The molecule has 1 fully saturated rings. The van der Waals surface area contributed by atoms with Crippen molar-refractivity contribution in [1.29, 1.82) is 0 Å². The number of pyridine rings is 1. The number of anilines is 2. The molecule has 2 heterocycles. The molecule has 10 nitrogen and oxygen atoms in total. The summed E-state index contributed by atoms with van der Waals surface area (Å²) < 4.78 is 48.2. The molecule has 1 amide bonds. The van der Waals surface area contributed by atoms with Crippen molar-refractivity contribution in [3.05, 3.63) is 71.1 Å². The molecule has 0 saturated heterocycles. The maximum Gasteiger partial charge on any atom is 0.407 e. The van der Waals surface area contributed by atoms with Gasteiger partial charge < -0.3 is 15.4 Å². The molecule has 0 atom stereocenters. The van der Waals surface area contributed by atoms with Gasteiger partial charge in [0, 0.05) is 17.6 Å². The van der Waals surface area contributed by atoms with Gasteiger partial charge in [-0.15, -0.1) is 0 Å². The Bertz CT molecular complexity index is 1810. The van der Waals surface area contributed by atoms with Gasteiger partial charge in [0.05, 0.1) is 28.1 Å². The summed E-state index contributed by atoms with van der Waals surface area (Å²) in [7, 11) is -4.09. The second kappa shape index (κ2) is 12.5. The lowest BCUT2D eigenvalue weighted by Gasteiger charge is -2.30. The molecule has 0 spiro atoms. The van der Waals surface area contributed by atoms with E-state index < -0.39 is 27.5 Å². The SMILES string of the molecule is Cc1cc(-c2ccc(NS(=O)(=O)c3ccccc3Cl)c(F)c2)nc2cnc(NC3CCC(NC(=O)OC(C)(C)C)CC3)nc12. The second-order valence-electron chi connectivity index (χ2n) is 11.8. The highest BCUT2D eigenvalue weighted by molar-refractivity contribution is 7.92. The van der Waals surface area contributed by atoms with E-state index in [1.165, 1.54) is 30.3 Å². The van der Waals surface area contributed by atoms with Crippen molar-refractivity contribution in [1.82, 2.24) is 20.3 Å². The topological polar surface area (TPSA) is 135 Å². The molecule has 44 heavy (non-hydrogen) atoms. The number of fused-ring (bicyclic) bond motifs is 1. The molecule has 1 saturated carbocycles. The van der Waals surface area contributed by atoms with Crippen molar-refractivity contribution >= 4 is 50.4 Å². The molecular formula is C31H34ClFN6O4S. The number of nitrogens with one attached hydrogen (secondary N) is 3. The minimum atomic E-state index is -4.09. The van der Waals surface area contributed by atoms with Crippen LogP contribution in [0.2, 0.25) is 5.02 Å². The molecule has 1 aliphatic rings. The second-order valence-corrected chi connectivity index (χ2v) is 13.9. The van der Waals surface area contributed by atoms with Gasteiger partial charge in [0.1, 0.15) is 21.8 Å². The maximum atomic E-state index is 15.1. The van der Waals surface area contributed by atoms with Crippen LogP contribution < -0.4 is 15.4 Å². The number of ether oxygens (including phenoxy) is 1. The van der Waals surface area contributed by atoms with Crippen LogP contribution in [0.4, 0.5) is 20.8 Å². The van der Waals surface area contributed by atoms with E-state index in [4.69, 9.17) is 16.3 Å². The molecule has 1 aliphatic carbocycles. The van der Waals surface area contributed by atoms with Crippen LogP contribution in [0.15, 0.2) is 59.6 Å². The minimum absolute atomic E-state index is 0.0356. The Morgan fingerprint density at radius 2 is 1.73 bits per heavy atom. The number of carbonyl (C=O) groups is 1. The van der Waals surface area contributed by atoms with Crippen LogP contribution in [0.25, 0.3) is 22.3 Å². The van der Waals surface area contributed by atoms with E-state index in [1.807, 2.05) is 27.7 Å². The molecule has 3 N–H and O–H groups in total. The molecule has 0 unspecified atom stereocenters. The minimum Gasteiger partial charge on any atom is -0.444 e. The Hall–Kier alpha value is -4.03. The molecule has 2 aromatic carbocycles. The third-order valence-corrected chi connectivity index (χ3v) is 9.02. The van der Waals surface area contributed by atoms with Gasteiger partial charge in [-0.1, -0.05) is 29.8 Å². The zero-order valence-corrected chi connectivity index (χ0v) is 26.4. The van der Waals surface area contributed by atoms with Crippen LogP contribution in [0, 0.1) is 12.7 Å². The molecule has 0 aliphatic heterocycles. The first kappa shape index (κ1) is 31.4. The predicted molar refractivity (Wildman–Crippen MR) is 169 cm³/mol. The Morgan fingerprint density at radius 1 is 1.02 bits per heavy atom. The first-order valence-corrected chi connectivity index (χ1v) is 16.1. The highest BCUT2D eigenvalue weighted by atomic mass is 35.5. The van der Waals surface area contributed by atoms with Crippen LogP contribution in [0.1, 0.15) is 52.0 Å². The van der Waals surface area contributed by atoms with Gasteiger partial charge in [-0.05, 0) is 89.3 Å². The summed E-state index contributed by atoms with van der Waals surface area (Å²) in [5.41, 5.74) is 2.24. The van der Waals surface area contributed by atoms with Gasteiger partial charge in [0.25, 0.3) is 10.0 Å². The first-order valence-electron chi connectivity index (χ1n) is 14.2. The monoisotopic (exact) mass is 640 g/mol. The van der Waals surface area contributed by atoms with Crippen molar-refractivity contribution in [2.45, 2.75) is 76.0 Å². The Labute approximate surface area is 260 Å². The van der Waals surface area contributed by atoms with E-state index >= 15 is 4.39 Å². The number of hydrogen-bond acceptors (Lipinski definition) is 8. The van der Waals surface area contributed by atoms with Crippen LogP contribution in [-0.2, 0) is 14.8 Å². The number of halogens is 2. The van der Waals surface area contributed by atoms with Gasteiger partial charge in [-0.2, -0.15) is 0 Å². The fourth-order valence-corrected chi connectivity index (χ4v) is 6.65. The maximum absolute atomic E-state index is 15.1. The molecule has 5 rings (SSSR count). The lowest BCUT2D eigenvalue weighted by molar-refractivity contribution is 0.0492. The number of rotatable bonds is 7. The zero-order valence-electron chi connectivity index (χ0n) is 24.8. The Morgan fingerprint density at radius 3 is 2.41 bits per heavy atom. The third kappa shape index (κ3) is 7.54. The number of aromatic nitrogens is 3. The number of sulfonamides is 1. The van der Waals surface area contributed by atoms with E-state index in [0.717, 1.165) is 31.2 Å². The van der Waals surface area contributed by atoms with Crippen LogP contribution in [0.5, 0.6) is 0 Å². The average molecular weight is 641 g/mol. The highest BCUT2D eigenvalue weighted by Gasteiger charge is 2.25. The lowest BCUT2D eigenvalue weighted by atomic mass is 9.91. The zero-order chi connectivity index (χ0) is 31.6. The predicted octanol–water partition coefficient (Wildman–Crippen LogP) is 6.84. The van der Waals surface area contributed by atoms with E-state index in [9.17, 15) is 13.2 Å². The number of nitrogens with zero attached hydrogens (tertiary/aromatic N) is 3. The summed E-state index contributed by atoms with van der Waals surface area (Å²) in [4.78, 5) is 25.7. The van der Waals surface area contributed by atoms with Crippen molar-refractivity contribution in [2.24, 2.45) is 0 Å². The molecule has 0 bridgehead atoms. The number of carbonyl (C=O) groups excluding carboxylic acids is 1. The summed E-state index contributed by atoms with van der Waals surface area (Å²) in [6.07, 6.45) is 4.53. The number of alkyl carbamates (subject to hydrolysis) is 1. The summed E-state index contributed by atoms with van der Waals surface area (Å²) in [5.74, 6) is -0.274. The standard InChI is InChI=1S/C31H34ClFN6O4S/c1-18-15-25(19-9-14-24(23(33)16-19)39-44(41,42)27-8-6-5-7-22(27)32)37-26-17-34-29(38-28(18)26)35-20-10-12-21(13-11-20)36-30(40)43-31(2,3)4/h5-9,14-17,20-21,39H,10-13H2,1-4H3,(H,36,40)(H,34,35,38). The van der Waals surface area contributed by atoms with E-state index in [2.05, 4.69) is 30.3 Å². The average Bonchev–Trinajstić information content (AvgIpc) is 2.94. The smallest absolute Gasteiger partial charge is 0.407 e. The summed E-state index contributed by atoms with van der Waals surface area (Å²) >= 11 is 6.03. The largest absolute Gasteiger partial charge is 0.444 e. The van der Waals surface area contributed by atoms with Gasteiger partial charge in [0.15, 0.2) is 0 Å². The molecule has 232 valence electrons. The fraction of sp³-hybridized carbons (Fsp3) is 0.355. The van der Waals surface area contributed by atoms with Crippen molar-refractivity contribution in [3.8, 4) is 11.3 Å². The Balaban J connectivity index is 1.25. The number of aryl methyl sites for hydroxylation is 1. The van der Waals surface area contributed by atoms with Crippen molar-refractivity contribution < 1.29 is 22.3 Å². The van der Waals surface area contributed by atoms with E-state index in [1.54, 1.807) is 24.4 Å². The normalized spacial score (nSPS) is 17.2. The molecule has 4 aromatic rings. The van der Waals surface area contributed by atoms with Crippen molar-refractivity contribution in [3.63, 3.8) is 0 Å². The highest BCUT2D eigenvalue weighted by Crippen LogP contribution is 2.30. The first-order chi connectivity index (χ1) is 20.8. The summed E-state index contributed by atoms with van der Waals surface area (Å²) in [5, 5.41) is 6.38. The quantitative estimate of drug-likeness (QED) is 0.200. The molecule has 0 radical (unpaired) electrons. The van der Waals surface area contributed by atoms with E-state index in [0.29, 0.717) is 28.2 Å².